The monoisotopic (exact) mass is 343 g/mol. The Kier molecular flexibility index (Phi) is 5.50. The molecule has 0 spiro atoms. The number of carbonyl (C=O) groups excluding carboxylic acids is 1. The van der Waals surface area contributed by atoms with Crippen LogP contribution in [0, 0.1) is 5.82 Å². The van der Waals surface area contributed by atoms with E-state index in [-0.39, 0.29) is 24.0 Å². The SMILES string of the molecule is O=C(CN1CCN(c2ccccc2O)CC1)NCc1ccccc1F. The number of para-hydroxylation sites is 2. The molecular weight excluding hydrogens is 321 g/mol. The molecule has 1 heterocycles. The Balaban J connectivity index is 1.45. The highest BCUT2D eigenvalue weighted by Crippen LogP contribution is 2.27. The quantitative estimate of drug-likeness (QED) is 0.872. The molecule has 0 unspecified atom stereocenters. The van der Waals surface area contributed by atoms with Gasteiger partial charge in [-0.3, -0.25) is 9.69 Å². The van der Waals surface area contributed by atoms with Crippen molar-refractivity contribution in [1.29, 1.82) is 0 Å². The number of benzene rings is 2. The van der Waals surface area contributed by atoms with Crippen LogP contribution in [0.2, 0.25) is 0 Å². The van der Waals surface area contributed by atoms with E-state index < -0.39 is 0 Å². The number of rotatable bonds is 5. The lowest BCUT2D eigenvalue weighted by atomic mass is 10.2. The number of nitrogens with one attached hydrogen (secondary N) is 1. The Morgan fingerprint density at radius 3 is 2.44 bits per heavy atom. The van der Waals surface area contributed by atoms with Crippen molar-refractivity contribution >= 4 is 11.6 Å². The van der Waals surface area contributed by atoms with Gasteiger partial charge in [-0.2, -0.15) is 0 Å². The first kappa shape index (κ1) is 17.2. The van der Waals surface area contributed by atoms with Crippen LogP contribution >= 0.6 is 0 Å². The summed E-state index contributed by atoms with van der Waals surface area (Å²) >= 11 is 0. The number of carbonyl (C=O) groups is 1. The van der Waals surface area contributed by atoms with Crippen molar-refractivity contribution in [2.24, 2.45) is 0 Å². The zero-order valence-electron chi connectivity index (χ0n) is 14.0. The molecule has 1 aliphatic rings. The van der Waals surface area contributed by atoms with E-state index in [0.29, 0.717) is 12.1 Å². The van der Waals surface area contributed by atoms with Crippen LogP contribution in [-0.4, -0.2) is 48.6 Å². The predicted molar refractivity (Wildman–Crippen MR) is 95.0 cm³/mol. The third kappa shape index (κ3) is 4.48. The van der Waals surface area contributed by atoms with E-state index in [1.54, 1.807) is 30.3 Å². The van der Waals surface area contributed by atoms with Gasteiger partial charge in [-0.25, -0.2) is 4.39 Å². The van der Waals surface area contributed by atoms with E-state index in [4.69, 9.17) is 0 Å². The molecule has 0 atom stereocenters. The Bertz CT molecular complexity index is 730. The van der Waals surface area contributed by atoms with Gasteiger partial charge in [0.2, 0.25) is 5.91 Å². The van der Waals surface area contributed by atoms with Crippen molar-refractivity contribution in [1.82, 2.24) is 10.2 Å². The van der Waals surface area contributed by atoms with Gasteiger partial charge in [-0.15, -0.1) is 0 Å². The average Bonchev–Trinajstić information content (AvgIpc) is 2.62. The van der Waals surface area contributed by atoms with E-state index in [1.807, 2.05) is 12.1 Å². The van der Waals surface area contributed by atoms with Gasteiger partial charge in [0.15, 0.2) is 0 Å². The Morgan fingerprint density at radius 1 is 1.04 bits per heavy atom. The van der Waals surface area contributed by atoms with Gasteiger partial charge in [0.05, 0.1) is 12.2 Å². The fraction of sp³-hybridized carbons (Fsp3) is 0.316. The third-order valence-electron chi connectivity index (χ3n) is 4.40. The number of phenols is 1. The molecule has 2 aromatic rings. The highest BCUT2D eigenvalue weighted by atomic mass is 19.1. The van der Waals surface area contributed by atoms with Crippen molar-refractivity contribution < 1.29 is 14.3 Å². The van der Waals surface area contributed by atoms with Gasteiger partial charge in [0, 0.05) is 38.3 Å². The Hall–Kier alpha value is -2.60. The number of aromatic hydroxyl groups is 1. The summed E-state index contributed by atoms with van der Waals surface area (Å²) in [5.41, 5.74) is 1.31. The average molecular weight is 343 g/mol. The molecule has 0 aliphatic carbocycles. The van der Waals surface area contributed by atoms with Gasteiger partial charge in [-0.1, -0.05) is 30.3 Å². The molecule has 25 heavy (non-hydrogen) atoms. The normalized spacial score (nSPS) is 15.2. The van der Waals surface area contributed by atoms with E-state index >= 15 is 0 Å². The summed E-state index contributed by atoms with van der Waals surface area (Å²) in [6.07, 6.45) is 0. The fourth-order valence-corrected chi connectivity index (χ4v) is 2.97. The van der Waals surface area contributed by atoms with Gasteiger partial charge in [-0.05, 0) is 18.2 Å². The summed E-state index contributed by atoms with van der Waals surface area (Å²) in [7, 11) is 0. The smallest absolute Gasteiger partial charge is 0.234 e. The summed E-state index contributed by atoms with van der Waals surface area (Å²) in [6.45, 7) is 3.46. The maximum absolute atomic E-state index is 13.5. The lowest BCUT2D eigenvalue weighted by Crippen LogP contribution is -2.49. The number of hydrogen-bond donors (Lipinski definition) is 2. The molecular formula is C19H22FN3O2. The number of nitrogens with zero attached hydrogens (tertiary/aromatic N) is 2. The first-order chi connectivity index (χ1) is 12.1. The van der Waals surface area contributed by atoms with Crippen molar-refractivity contribution in [2.45, 2.75) is 6.54 Å². The third-order valence-corrected chi connectivity index (χ3v) is 4.40. The number of piperazine rings is 1. The highest BCUT2D eigenvalue weighted by Gasteiger charge is 2.20. The van der Waals surface area contributed by atoms with E-state index in [0.717, 1.165) is 31.9 Å². The van der Waals surface area contributed by atoms with Gasteiger partial charge < -0.3 is 15.3 Å². The minimum Gasteiger partial charge on any atom is -0.506 e. The van der Waals surface area contributed by atoms with Crippen molar-refractivity contribution in [3.05, 3.63) is 59.9 Å². The Labute approximate surface area is 146 Å². The second-order valence-electron chi connectivity index (χ2n) is 6.12. The van der Waals surface area contributed by atoms with E-state index in [9.17, 15) is 14.3 Å². The summed E-state index contributed by atoms with van der Waals surface area (Å²) in [6, 6.07) is 13.7. The molecule has 1 fully saturated rings. The second-order valence-corrected chi connectivity index (χ2v) is 6.12. The van der Waals surface area contributed by atoms with Crippen LogP contribution in [0.3, 0.4) is 0 Å². The second kappa shape index (κ2) is 7.98. The lowest BCUT2D eigenvalue weighted by Gasteiger charge is -2.35. The van der Waals surface area contributed by atoms with E-state index in [2.05, 4.69) is 15.1 Å². The topological polar surface area (TPSA) is 55.8 Å². The van der Waals surface area contributed by atoms with Crippen LogP contribution in [0.25, 0.3) is 0 Å². The minimum absolute atomic E-state index is 0.112. The molecule has 0 saturated carbocycles. The zero-order chi connectivity index (χ0) is 17.6. The fourth-order valence-electron chi connectivity index (χ4n) is 2.97. The van der Waals surface area contributed by atoms with Crippen molar-refractivity contribution in [3.63, 3.8) is 0 Å². The first-order valence-electron chi connectivity index (χ1n) is 8.39. The van der Waals surface area contributed by atoms with Crippen LogP contribution in [0.1, 0.15) is 5.56 Å². The molecule has 132 valence electrons. The minimum atomic E-state index is -0.306. The van der Waals surface area contributed by atoms with Crippen LogP contribution in [0.5, 0.6) is 5.75 Å². The lowest BCUT2D eigenvalue weighted by molar-refractivity contribution is -0.122. The zero-order valence-corrected chi connectivity index (χ0v) is 14.0. The molecule has 5 nitrogen and oxygen atoms in total. The highest BCUT2D eigenvalue weighted by molar-refractivity contribution is 5.78. The van der Waals surface area contributed by atoms with E-state index in [1.165, 1.54) is 6.07 Å². The molecule has 0 radical (unpaired) electrons. The number of halogens is 1. The molecule has 1 saturated heterocycles. The maximum Gasteiger partial charge on any atom is 0.234 e. The van der Waals surface area contributed by atoms with Gasteiger partial charge in [0.1, 0.15) is 11.6 Å². The van der Waals surface area contributed by atoms with Crippen molar-refractivity contribution in [2.75, 3.05) is 37.6 Å². The molecule has 3 rings (SSSR count). The largest absolute Gasteiger partial charge is 0.506 e. The summed E-state index contributed by atoms with van der Waals surface area (Å²) in [5.74, 6) is -0.142. The molecule has 0 aromatic heterocycles. The number of phenolic OH excluding ortho intramolecular Hbond substituents is 1. The van der Waals surface area contributed by atoms with Crippen LogP contribution < -0.4 is 10.2 Å². The van der Waals surface area contributed by atoms with Crippen molar-refractivity contribution in [3.8, 4) is 5.75 Å². The Morgan fingerprint density at radius 2 is 1.72 bits per heavy atom. The predicted octanol–water partition coefficient (Wildman–Crippen LogP) is 1.97. The molecule has 6 heteroatoms. The molecule has 2 N–H and O–H groups in total. The maximum atomic E-state index is 13.5. The summed E-state index contributed by atoms with van der Waals surface area (Å²) in [5, 5.41) is 12.7. The molecule has 1 amide bonds. The van der Waals surface area contributed by atoms with Gasteiger partial charge >= 0.3 is 0 Å². The standard InChI is InChI=1S/C19H22FN3O2/c20-16-6-2-1-5-15(16)13-21-19(25)14-22-9-11-23(12-10-22)17-7-3-4-8-18(17)24/h1-8,24H,9-14H2,(H,21,25). The molecule has 0 bridgehead atoms. The summed E-state index contributed by atoms with van der Waals surface area (Å²) < 4.78 is 13.5. The molecule has 1 aliphatic heterocycles. The number of amides is 1. The van der Waals surface area contributed by atoms with Crippen LogP contribution in [-0.2, 0) is 11.3 Å². The first-order valence-corrected chi connectivity index (χ1v) is 8.39. The van der Waals surface area contributed by atoms with Gasteiger partial charge in [0.25, 0.3) is 0 Å². The number of anilines is 1. The van der Waals surface area contributed by atoms with Crippen LogP contribution in [0.15, 0.2) is 48.5 Å². The van der Waals surface area contributed by atoms with Crippen LogP contribution in [0.4, 0.5) is 10.1 Å². The summed E-state index contributed by atoms with van der Waals surface area (Å²) in [4.78, 5) is 16.2. The molecule has 2 aromatic carbocycles. The number of hydrogen-bond acceptors (Lipinski definition) is 4.